The molecule has 0 fully saturated rings. The maximum atomic E-state index is 12.5. The van der Waals surface area contributed by atoms with Crippen molar-refractivity contribution in [1.82, 2.24) is 4.98 Å². The van der Waals surface area contributed by atoms with E-state index in [0.717, 1.165) is 12.8 Å². The third-order valence-electron chi connectivity index (χ3n) is 4.04. The summed E-state index contributed by atoms with van der Waals surface area (Å²) >= 11 is 3.47. The summed E-state index contributed by atoms with van der Waals surface area (Å²) in [7, 11) is 3.09. The lowest BCUT2D eigenvalue weighted by Crippen LogP contribution is -2.17. The van der Waals surface area contributed by atoms with E-state index in [0.29, 0.717) is 27.3 Å². The number of benzene rings is 1. The number of anilines is 1. The summed E-state index contributed by atoms with van der Waals surface area (Å²) in [5.41, 5.74) is 1.01. The molecule has 1 heterocycles. The highest BCUT2D eigenvalue weighted by Gasteiger charge is 2.31. The Balaban J connectivity index is 2.47. The number of aromatic nitrogens is 1. The highest BCUT2D eigenvalue weighted by atomic mass is 79.9. The van der Waals surface area contributed by atoms with E-state index >= 15 is 0 Å². The average molecular weight is 463 g/mol. The van der Waals surface area contributed by atoms with Gasteiger partial charge in [0, 0.05) is 29.2 Å². The summed E-state index contributed by atoms with van der Waals surface area (Å²) in [6.07, 6.45) is -3.01. The molecule has 0 aliphatic carbocycles. The van der Waals surface area contributed by atoms with E-state index in [-0.39, 0.29) is 17.6 Å². The Labute approximate surface area is 170 Å². The van der Waals surface area contributed by atoms with Crippen LogP contribution in [0.5, 0.6) is 17.2 Å². The molecule has 0 aliphatic rings. The number of rotatable bonds is 8. The van der Waals surface area contributed by atoms with Crippen LogP contribution in [0.3, 0.4) is 0 Å². The van der Waals surface area contributed by atoms with Gasteiger partial charge in [0.2, 0.25) is 0 Å². The van der Waals surface area contributed by atoms with Crippen LogP contribution in [0.4, 0.5) is 19.0 Å². The summed E-state index contributed by atoms with van der Waals surface area (Å²) in [5.74, 6) is 0.933. The van der Waals surface area contributed by atoms with E-state index in [9.17, 15) is 13.2 Å². The van der Waals surface area contributed by atoms with Crippen molar-refractivity contribution in [2.75, 3.05) is 19.5 Å². The molecule has 0 saturated carbocycles. The van der Waals surface area contributed by atoms with Crippen molar-refractivity contribution in [3.05, 3.63) is 28.7 Å². The molecule has 5 nitrogen and oxygen atoms in total. The Kier molecular flexibility index (Phi) is 7.40. The first-order valence-electron chi connectivity index (χ1n) is 8.71. The molecule has 2 rings (SSSR count). The molecule has 0 saturated heterocycles. The molecule has 1 aromatic carbocycles. The molecular formula is C19H22BrF3N2O3. The lowest BCUT2D eigenvalue weighted by atomic mass is 10.1. The van der Waals surface area contributed by atoms with Gasteiger partial charge in [-0.15, -0.1) is 13.2 Å². The SMILES string of the molecule is CCC(CC)Oc1cc(Br)c(-c2ccc(OC(F)(F)F)cc2OC)nc1NC. The molecule has 1 aromatic heterocycles. The zero-order chi connectivity index (χ0) is 20.9. The fourth-order valence-electron chi connectivity index (χ4n) is 2.63. The summed E-state index contributed by atoms with van der Waals surface area (Å²) in [4.78, 5) is 4.57. The number of alkyl halides is 3. The van der Waals surface area contributed by atoms with Gasteiger partial charge in [0.1, 0.15) is 11.5 Å². The van der Waals surface area contributed by atoms with Crippen LogP contribution in [0.15, 0.2) is 28.7 Å². The number of pyridine rings is 1. The molecule has 0 aliphatic heterocycles. The van der Waals surface area contributed by atoms with Crippen molar-refractivity contribution >= 4 is 21.7 Å². The Bertz CT molecular complexity index is 812. The zero-order valence-electron chi connectivity index (χ0n) is 16.0. The normalized spacial score (nSPS) is 11.5. The van der Waals surface area contributed by atoms with Gasteiger partial charge in [-0.1, -0.05) is 13.8 Å². The van der Waals surface area contributed by atoms with E-state index in [1.807, 2.05) is 13.8 Å². The lowest BCUT2D eigenvalue weighted by Gasteiger charge is -2.20. The second-order valence-corrected chi connectivity index (χ2v) is 6.74. The monoisotopic (exact) mass is 462 g/mol. The van der Waals surface area contributed by atoms with Crippen LogP contribution in [0.25, 0.3) is 11.3 Å². The number of hydrogen-bond acceptors (Lipinski definition) is 5. The van der Waals surface area contributed by atoms with E-state index in [2.05, 4.69) is 31.0 Å². The van der Waals surface area contributed by atoms with Crippen molar-refractivity contribution in [3.8, 4) is 28.5 Å². The third-order valence-corrected chi connectivity index (χ3v) is 4.65. The van der Waals surface area contributed by atoms with Crippen molar-refractivity contribution in [2.45, 2.75) is 39.2 Å². The molecule has 154 valence electrons. The first kappa shape index (κ1) is 22.1. The summed E-state index contributed by atoms with van der Waals surface area (Å²) < 4.78 is 53.2. The molecule has 2 aromatic rings. The molecule has 0 amide bonds. The third kappa shape index (κ3) is 5.43. The molecule has 1 N–H and O–H groups in total. The minimum absolute atomic E-state index is 0.0555. The van der Waals surface area contributed by atoms with Crippen LogP contribution >= 0.6 is 15.9 Å². The molecule has 0 radical (unpaired) electrons. The van der Waals surface area contributed by atoms with Crippen LogP contribution < -0.4 is 19.5 Å². The summed E-state index contributed by atoms with van der Waals surface area (Å²) in [5, 5.41) is 3.00. The second-order valence-electron chi connectivity index (χ2n) is 5.88. The van der Waals surface area contributed by atoms with Gasteiger partial charge in [0.15, 0.2) is 11.6 Å². The molecule has 0 atom stereocenters. The highest BCUT2D eigenvalue weighted by Crippen LogP contribution is 2.40. The van der Waals surface area contributed by atoms with E-state index < -0.39 is 6.36 Å². The maximum Gasteiger partial charge on any atom is 0.573 e. The molecule has 0 spiro atoms. The van der Waals surface area contributed by atoms with Crippen molar-refractivity contribution in [1.29, 1.82) is 0 Å². The first-order chi connectivity index (χ1) is 13.2. The van der Waals surface area contributed by atoms with Crippen molar-refractivity contribution in [2.24, 2.45) is 0 Å². The van der Waals surface area contributed by atoms with Crippen LogP contribution in [-0.4, -0.2) is 31.6 Å². The minimum Gasteiger partial charge on any atom is -0.496 e. The Morgan fingerprint density at radius 2 is 1.82 bits per heavy atom. The average Bonchev–Trinajstić information content (AvgIpc) is 2.65. The smallest absolute Gasteiger partial charge is 0.496 e. The fraction of sp³-hybridized carbons (Fsp3) is 0.421. The van der Waals surface area contributed by atoms with Gasteiger partial charge < -0.3 is 19.5 Å². The predicted molar refractivity (Wildman–Crippen MR) is 105 cm³/mol. The molecule has 0 unspecified atom stereocenters. The van der Waals surface area contributed by atoms with Gasteiger partial charge in [-0.2, -0.15) is 0 Å². The van der Waals surface area contributed by atoms with E-state index in [1.54, 1.807) is 13.1 Å². The fourth-order valence-corrected chi connectivity index (χ4v) is 3.14. The molecule has 0 bridgehead atoms. The number of nitrogens with one attached hydrogen (secondary N) is 1. The van der Waals surface area contributed by atoms with Crippen molar-refractivity contribution in [3.63, 3.8) is 0 Å². The quantitative estimate of drug-likeness (QED) is 0.519. The summed E-state index contributed by atoms with van der Waals surface area (Å²) in [6.45, 7) is 4.08. The van der Waals surface area contributed by atoms with Crippen LogP contribution in [-0.2, 0) is 0 Å². The van der Waals surface area contributed by atoms with Crippen molar-refractivity contribution < 1.29 is 27.4 Å². The van der Waals surface area contributed by atoms with E-state index in [1.165, 1.54) is 25.3 Å². The van der Waals surface area contributed by atoms with Gasteiger partial charge in [-0.25, -0.2) is 4.98 Å². The van der Waals surface area contributed by atoms with E-state index in [4.69, 9.17) is 9.47 Å². The van der Waals surface area contributed by atoms with Gasteiger partial charge in [-0.3, -0.25) is 0 Å². The minimum atomic E-state index is -4.78. The summed E-state index contributed by atoms with van der Waals surface area (Å²) in [6, 6.07) is 5.64. The van der Waals surface area contributed by atoms with Gasteiger partial charge in [0.05, 0.1) is 18.9 Å². The molecular weight excluding hydrogens is 441 g/mol. The highest BCUT2D eigenvalue weighted by molar-refractivity contribution is 9.10. The Morgan fingerprint density at radius 1 is 1.14 bits per heavy atom. The topological polar surface area (TPSA) is 52.6 Å². The Morgan fingerprint density at radius 3 is 2.36 bits per heavy atom. The maximum absolute atomic E-state index is 12.5. The van der Waals surface area contributed by atoms with Crippen LogP contribution in [0, 0.1) is 0 Å². The zero-order valence-corrected chi connectivity index (χ0v) is 17.6. The van der Waals surface area contributed by atoms with Gasteiger partial charge in [-0.05, 0) is 40.9 Å². The Hall–Kier alpha value is -2.16. The van der Waals surface area contributed by atoms with Crippen LogP contribution in [0.1, 0.15) is 26.7 Å². The second kappa shape index (κ2) is 9.36. The van der Waals surface area contributed by atoms with Crippen LogP contribution in [0.2, 0.25) is 0 Å². The molecule has 28 heavy (non-hydrogen) atoms. The van der Waals surface area contributed by atoms with Gasteiger partial charge >= 0.3 is 6.36 Å². The first-order valence-corrected chi connectivity index (χ1v) is 9.50. The van der Waals surface area contributed by atoms with Gasteiger partial charge in [0.25, 0.3) is 0 Å². The predicted octanol–water partition coefficient (Wildman–Crippen LogP) is 6.03. The largest absolute Gasteiger partial charge is 0.573 e. The number of halogens is 4. The standard InChI is InChI=1S/C19H22BrF3N2O3/c1-5-11(6-2)27-16-10-14(20)17(25-18(16)24-3)13-8-7-12(9-15(13)26-4)28-19(21,22)23/h7-11H,5-6H2,1-4H3,(H,24,25). The number of hydrogen-bond donors (Lipinski definition) is 1. The molecule has 9 heteroatoms. The number of nitrogens with zero attached hydrogens (tertiary/aromatic N) is 1. The number of ether oxygens (including phenoxy) is 3. The lowest BCUT2D eigenvalue weighted by molar-refractivity contribution is -0.274. The number of methoxy groups -OCH3 is 1.